The van der Waals surface area contributed by atoms with Crippen LogP contribution in [0.15, 0.2) is 82.5 Å². The molecule has 0 aliphatic carbocycles. The van der Waals surface area contributed by atoms with Crippen LogP contribution in [-0.4, -0.2) is 32.8 Å². The first kappa shape index (κ1) is 22.1. The van der Waals surface area contributed by atoms with E-state index in [1.165, 1.54) is 16.8 Å². The lowest BCUT2D eigenvalue weighted by atomic mass is 10.1. The van der Waals surface area contributed by atoms with Gasteiger partial charge in [0.25, 0.3) is 17.4 Å². The van der Waals surface area contributed by atoms with Crippen LogP contribution in [0.5, 0.6) is 0 Å². The van der Waals surface area contributed by atoms with E-state index >= 15 is 0 Å². The van der Waals surface area contributed by atoms with Crippen LogP contribution in [0, 0.1) is 0 Å². The lowest BCUT2D eigenvalue weighted by Crippen LogP contribution is -2.34. The largest absolute Gasteiger partial charge is 0.296 e. The summed E-state index contributed by atoms with van der Waals surface area (Å²) in [4.78, 5) is 45.8. The van der Waals surface area contributed by atoms with E-state index in [4.69, 9.17) is 10.1 Å². The summed E-state index contributed by atoms with van der Waals surface area (Å²) >= 11 is 1.18. The molecule has 8 heteroatoms. The first-order chi connectivity index (χ1) is 16.6. The Balaban J connectivity index is 1.46. The van der Waals surface area contributed by atoms with E-state index in [1.54, 1.807) is 41.0 Å². The van der Waals surface area contributed by atoms with Crippen LogP contribution in [0.1, 0.15) is 32.1 Å². The second-order valence-corrected chi connectivity index (χ2v) is 8.71. The first-order valence-electron chi connectivity index (χ1n) is 11.0. The Hall–Kier alpha value is -3.75. The number of amides is 2. The normalized spacial score (nSPS) is 13.0. The molecule has 1 aliphatic heterocycles. The number of nitrogens with zero attached hydrogens (tertiary/aromatic N) is 3. The third-order valence-corrected chi connectivity index (χ3v) is 6.73. The first-order valence-corrected chi connectivity index (χ1v) is 11.8. The van der Waals surface area contributed by atoms with Crippen LogP contribution in [-0.2, 0) is 19.4 Å². The molecule has 1 aliphatic rings. The Morgan fingerprint density at radius 3 is 2.15 bits per heavy atom. The quantitative estimate of drug-likeness (QED) is 0.328. The highest BCUT2D eigenvalue weighted by Gasteiger charge is 2.34. The number of hydrogen-bond acceptors (Lipinski definition) is 6. The van der Waals surface area contributed by atoms with Gasteiger partial charge >= 0.3 is 0 Å². The van der Waals surface area contributed by atoms with E-state index < -0.39 is 0 Å². The van der Waals surface area contributed by atoms with Crippen molar-refractivity contribution in [2.45, 2.75) is 24.3 Å². The molecule has 7 nitrogen and oxygen atoms in total. The van der Waals surface area contributed by atoms with E-state index in [2.05, 4.69) is 0 Å². The molecule has 34 heavy (non-hydrogen) atoms. The lowest BCUT2D eigenvalue weighted by molar-refractivity contribution is 0.0655. The molecule has 0 atom stereocenters. The number of aryl methyl sites for hydroxylation is 1. The Labute approximate surface area is 200 Å². The number of carbonyl (C=O) groups excluding carboxylic acids is 2. The Kier molecular flexibility index (Phi) is 6.00. The number of aromatic nitrogens is 2. The van der Waals surface area contributed by atoms with Gasteiger partial charge in [0.1, 0.15) is 5.82 Å². The van der Waals surface area contributed by atoms with Crippen molar-refractivity contribution >= 4 is 34.7 Å². The number of rotatable bonds is 7. The maximum absolute atomic E-state index is 13.4. The second kappa shape index (κ2) is 9.24. The predicted molar refractivity (Wildman–Crippen MR) is 132 cm³/mol. The summed E-state index contributed by atoms with van der Waals surface area (Å²) in [5, 5.41) is 6.34. The highest BCUT2D eigenvalue weighted by Crippen LogP contribution is 2.23. The van der Waals surface area contributed by atoms with Gasteiger partial charge in [-0.3, -0.25) is 29.0 Å². The molecule has 170 valence electrons. The minimum absolute atomic E-state index is 0.138. The van der Waals surface area contributed by atoms with Crippen molar-refractivity contribution in [3.8, 4) is 0 Å². The van der Waals surface area contributed by atoms with Crippen molar-refractivity contribution in [3.05, 3.63) is 106 Å². The fourth-order valence-electron chi connectivity index (χ4n) is 4.35. The standard InChI is InChI=1S/C26H22N4O3S/c27-34-22-12-6-1-7-17(22)13-15-29-23(28-21-11-5-4-10-20(21)26(29)33)14-16-30-24(31)18-8-2-3-9-19(18)25(30)32/h1-12H,13-16,27H2. The molecule has 2 N–H and O–H groups in total. The second-order valence-electron chi connectivity index (χ2n) is 8.04. The summed E-state index contributed by atoms with van der Waals surface area (Å²) < 4.78 is 1.65. The Bertz CT molecular complexity index is 1450. The molecule has 0 fully saturated rings. The van der Waals surface area contributed by atoms with Crippen LogP contribution in [0.4, 0.5) is 0 Å². The van der Waals surface area contributed by atoms with Crippen molar-refractivity contribution in [3.63, 3.8) is 0 Å². The van der Waals surface area contributed by atoms with Crippen molar-refractivity contribution < 1.29 is 9.59 Å². The average Bonchev–Trinajstić information content (AvgIpc) is 3.12. The molecule has 0 radical (unpaired) electrons. The number of fused-ring (bicyclic) bond motifs is 2. The minimum Gasteiger partial charge on any atom is -0.296 e. The van der Waals surface area contributed by atoms with Crippen LogP contribution in [0.3, 0.4) is 0 Å². The highest BCUT2D eigenvalue weighted by molar-refractivity contribution is 7.97. The molecule has 0 saturated heterocycles. The van der Waals surface area contributed by atoms with Gasteiger partial charge in [-0.15, -0.1) is 0 Å². The number of carbonyl (C=O) groups is 2. The zero-order valence-corrected chi connectivity index (χ0v) is 19.1. The maximum Gasteiger partial charge on any atom is 0.261 e. The van der Waals surface area contributed by atoms with E-state index in [0.717, 1.165) is 10.5 Å². The lowest BCUT2D eigenvalue weighted by Gasteiger charge is -2.17. The molecular weight excluding hydrogens is 448 g/mol. The van der Waals surface area contributed by atoms with Gasteiger partial charge in [-0.25, -0.2) is 4.98 Å². The summed E-state index contributed by atoms with van der Waals surface area (Å²) in [5.74, 6) is -0.0912. The third-order valence-electron chi connectivity index (χ3n) is 6.08. The van der Waals surface area contributed by atoms with Gasteiger partial charge in [-0.2, -0.15) is 0 Å². The van der Waals surface area contributed by atoms with E-state index in [0.29, 0.717) is 40.8 Å². The summed E-state index contributed by atoms with van der Waals surface area (Å²) in [6, 6.07) is 21.8. The number of hydrogen-bond donors (Lipinski definition) is 1. The monoisotopic (exact) mass is 470 g/mol. The van der Waals surface area contributed by atoms with E-state index in [-0.39, 0.29) is 30.3 Å². The molecule has 4 aromatic rings. The van der Waals surface area contributed by atoms with Crippen molar-refractivity contribution in [2.75, 3.05) is 6.54 Å². The molecule has 1 aromatic heterocycles. The fourth-order valence-corrected chi connectivity index (χ4v) is 4.83. The van der Waals surface area contributed by atoms with Crippen LogP contribution >= 0.6 is 11.9 Å². The maximum atomic E-state index is 13.4. The zero-order chi connectivity index (χ0) is 23.7. The van der Waals surface area contributed by atoms with E-state index in [1.807, 2.05) is 36.4 Å². The summed E-state index contributed by atoms with van der Waals surface area (Å²) in [6.07, 6.45) is 0.874. The van der Waals surface area contributed by atoms with Crippen LogP contribution in [0.2, 0.25) is 0 Å². The summed E-state index contributed by atoms with van der Waals surface area (Å²) in [7, 11) is 0. The minimum atomic E-state index is -0.316. The van der Waals surface area contributed by atoms with Crippen molar-refractivity contribution in [1.29, 1.82) is 0 Å². The number of para-hydroxylation sites is 1. The predicted octanol–water partition coefficient (Wildman–Crippen LogP) is 3.44. The molecule has 0 saturated carbocycles. The molecule has 5 rings (SSSR count). The molecule has 2 amide bonds. The molecule has 0 spiro atoms. The van der Waals surface area contributed by atoms with Gasteiger partial charge in [0.2, 0.25) is 0 Å². The number of nitrogens with two attached hydrogens (primary N) is 1. The summed E-state index contributed by atoms with van der Waals surface area (Å²) in [5.41, 5.74) is 2.32. The van der Waals surface area contributed by atoms with Gasteiger partial charge in [-0.05, 0) is 54.3 Å². The van der Waals surface area contributed by atoms with Gasteiger partial charge in [0.15, 0.2) is 0 Å². The van der Waals surface area contributed by atoms with Crippen LogP contribution in [0.25, 0.3) is 10.9 Å². The van der Waals surface area contributed by atoms with Crippen LogP contribution < -0.4 is 10.7 Å². The Morgan fingerprint density at radius 2 is 1.41 bits per heavy atom. The van der Waals surface area contributed by atoms with Crippen molar-refractivity contribution in [1.82, 2.24) is 14.5 Å². The SMILES string of the molecule is NSc1ccccc1CCn1c(CCN2C(=O)c3ccccc3C2=O)nc2ccccc2c1=O. The van der Waals surface area contributed by atoms with Crippen molar-refractivity contribution in [2.24, 2.45) is 5.14 Å². The molecule has 3 aromatic carbocycles. The molecule has 0 bridgehead atoms. The number of imide groups is 1. The highest BCUT2D eigenvalue weighted by atomic mass is 32.2. The zero-order valence-electron chi connectivity index (χ0n) is 18.3. The van der Waals surface area contributed by atoms with Gasteiger partial charge in [0.05, 0.1) is 22.0 Å². The van der Waals surface area contributed by atoms with Gasteiger partial charge in [-0.1, -0.05) is 42.5 Å². The topological polar surface area (TPSA) is 98.3 Å². The van der Waals surface area contributed by atoms with Gasteiger partial charge < -0.3 is 0 Å². The fraction of sp³-hybridized carbons (Fsp3) is 0.154. The molecule has 2 heterocycles. The Morgan fingerprint density at radius 1 is 0.765 bits per heavy atom. The third kappa shape index (κ3) is 3.91. The molecule has 0 unspecified atom stereocenters. The summed E-state index contributed by atoms with van der Waals surface area (Å²) in [6.45, 7) is 0.554. The number of benzene rings is 3. The van der Waals surface area contributed by atoms with E-state index in [9.17, 15) is 14.4 Å². The molecular formula is C26H22N4O3S. The average molecular weight is 471 g/mol. The van der Waals surface area contributed by atoms with Gasteiger partial charge in [0, 0.05) is 24.4 Å². The smallest absolute Gasteiger partial charge is 0.261 e.